The molecule has 2 heterocycles. The number of anilines is 2. The first kappa shape index (κ1) is 15.2. The first-order valence-electron chi connectivity index (χ1n) is 7.46. The lowest BCUT2D eigenvalue weighted by Gasteiger charge is -2.41. The Kier molecular flexibility index (Phi) is 4.79. The fraction of sp³-hybridized carbons (Fsp3) is 0.600. The van der Waals surface area contributed by atoms with Crippen molar-refractivity contribution >= 4 is 34.6 Å². The highest BCUT2D eigenvalue weighted by atomic mass is 35.5. The molecule has 0 saturated carbocycles. The molecule has 2 fully saturated rings. The highest BCUT2D eigenvalue weighted by Crippen LogP contribution is 2.37. The molecule has 3 rings (SSSR count). The summed E-state index contributed by atoms with van der Waals surface area (Å²) in [6.45, 7) is 5.77. The van der Waals surface area contributed by atoms with Crippen molar-refractivity contribution in [1.29, 1.82) is 0 Å². The summed E-state index contributed by atoms with van der Waals surface area (Å²) in [4.78, 5) is 4.83. The molecule has 2 N–H and O–H groups in total. The number of halogens is 2. The van der Waals surface area contributed by atoms with Crippen LogP contribution in [0.5, 0.6) is 0 Å². The lowest BCUT2D eigenvalue weighted by Crippen LogP contribution is -2.49. The van der Waals surface area contributed by atoms with E-state index < -0.39 is 0 Å². The van der Waals surface area contributed by atoms with Crippen LogP contribution < -0.4 is 10.6 Å². The number of nitrogens with zero attached hydrogens (tertiary/aromatic N) is 2. The molecule has 0 atom stereocenters. The molecule has 21 heavy (non-hydrogen) atoms. The van der Waals surface area contributed by atoms with Gasteiger partial charge < -0.3 is 15.4 Å². The van der Waals surface area contributed by atoms with Crippen molar-refractivity contribution in [3.63, 3.8) is 0 Å². The molecule has 0 aliphatic carbocycles. The second-order valence-electron chi connectivity index (χ2n) is 5.70. The molecule has 2 aliphatic rings. The minimum absolute atomic E-state index is 0.608. The van der Waals surface area contributed by atoms with Gasteiger partial charge in [-0.05, 0) is 25.0 Å². The molecular formula is C15H21Cl2N3O. The zero-order chi connectivity index (χ0) is 14.8. The van der Waals surface area contributed by atoms with Gasteiger partial charge in [0.05, 0.1) is 28.9 Å². The minimum atomic E-state index is 0.608. The molecule has 116 valence electrons. The average Bonchev–Trinajstić information content (AvgIpc) is 2.48. The third-order valence-corrected chi connectivity index (χ3v) is 4.96. The maximum absolute atomic E-state index is 6.32. The maximum atomic E-state index is 6.32. The van der Waals surface area contributed by atoms with Gasteiger partial charge in [-0.3, -0.25) is 4.90 Å². The molecule has 0 spiro atoms. The van der Waals surface area contributed by atoms with Crippen molar-refractivity contribution in [1.82, 2.24) is 4.90 Å². The van der Waals surface area contributed by atoms with Crippen LogP contribution >= 0.6 is 23.2 Å². The van der Waals surface area contributed by atoms with Gasteiger partial charge in [-0.1, -0.05) is 23.2 Å². The van der Waals surface area contributed by atoms with Crippen LogP contribution in [0, 0.1) is 0 Å². The average molecular weight is 330 g/mol. The number of hydrogen-bond acceptors (Lipinski definition) is 4. The van der Waals surface area contributed by atoms with Crippen LogP contribution in [-0.2, 0) is 4.74 Å². The summed E-state index contributed by atoms with van der Waals surface area (Å²) in [7, 11) is 0. The molecule has 1 aromatic carbocycles. The predicted octanol–water partition coefficient (Wildman–Crippen LogP) is 2.88. The lowest BCUT2D eigenvalue weighted by molar-refractivity contribution is 0.0115. The standard InChI is InChI=1S/C15H21Cl2N3O/c16-13-9-11(18)10-14(17)15(13)20-3-1-12(2-4-20)19-5-7-21-8-6-19/h9-10,12H,1-8,18H2. The number of benzene rings is 1. The van der Waals surface area contributed by atoms with Crippen molar-refractivity contribution in [2.24, 2.45) is 0 Å². The van der Waals surface area contributed by atoms with E-state index in [-0.39, 0.29) is 0 Å². The molecule has 2 aliphatic heterocycles. The Balaban J connectivity index is 1.65. The maximum Gasteiger partial charge on any atom is 0.0746 e. The largest absolute Gasteiger partial charge is 0.399 e. The minimum Gasteiger partial charge on any atom is -0.399 e. The summed E-state index contributed by atoms with van der Waals surface area (Å²) in [6, 6.07) is 4.20. The van der Waals surface area contributed by atoms with Crippen LogP contribution in [-0.4, -0.2) is 50.3 Å². The van der Waals surface area contributed by atoms with Gasteiger partial charge >= 0.3 is 0 Å². The van der Waals surface area contributed by atoms with Crippen molar-refractivity contribution in [3.8, 4) is 0 Å². The van der Waals surface area contributed by atoms with E-state index >= 15 is 0 Å². The first-order chi connectivity index (χ1) is 10.1. The van der Waals surface area contributed by atoms with E-state index in [1.807, 2.05) is 0 Å². The monoisotopic (exact) mass is 329 g/mol. The Morgan fingerprint density at radius 1 is 1.00 bits per heavy atom. The number of nitrogens with two attached hydrogens (primary N) is 1. The molecule has 0 aromatic heterocycles. The number of rotatable bonds is 2. The second-order valence-corrected chi connectivity index (χ2v) is 6.51. The van der Waals surface area contributed by atoms with Gasteiger partial charge in [-0.25, -0.2) is 0 Å². The lowest BCUT2D eigenvalue weighted by atomic mass is 10.0. The van der Waals surface area contributed by atoms with Gasteiger partial charge in [0, 0.05) is 37.9 Å². The highest BCUT2D eigenvalue weighted by molar-refractivity contribution is 6.39. The first-order valence-corrected chi connectivity index (χ1v) is 8.22. The molecule has 0 radical (unpaired) electrons. The van der Waals surface area contributed by atoms with Crippen LogP contribution in [0.2, 0.25) is 10.0 Å². The third-order valence-electron chi connectivity index (χ3n) is 4.38. The van der Waals surface area contributed by atoms with Crippen molar-refractivity contribution < 1.29 is 4.74 Å². The van der Waals surface area contributed by atoms with E-state index in [2.05, 4.69) is 9.80 Å². The Morgan fingerprint density at radius 3 is 2.14 bits per heavy atom. The predicted molar refractivity (Wildman–Crippen MR) is 88.5 cm³/mol. The summed E-state index contributed by atoms with van der Waals surface area (Å²) < 4.78 is 5.42. The Morgan fingerprint density at radius 2 is 1.57 bits per heavy atom. The molecule has 1 aromatic rings. The summed E-state index contributed by atoms with van der Waals surface area (Å²) in [6.07, 6.45) is 2.27. The van der Waals surface area contributed by atoms with E-state index in [1.54, 1.807) is 12.1 Å². The fourth-order valence-corrected chi connectivity index (χ4v) is 4.03. The molecule has 0 bridgehead atoms. The van der Waals surface area contributed by atoms with Crippen LogP contribution in [0.15, 0.2) is 12.1 Å². The summed E-state index contributed by atoms with van der Waals surface area (Å²) in [5.74, 6) is 0. The molecule has 0 amide bonds. The van der Waals surface area contributed by atoms with Crippen LogP contribution in [0.25, 0.3) is 0 Å². The number of hydrogen-bond donors (Lipinski definition) is 1. The van der Waals surface area contributed by atoms with Crippen molar-refractivity contribution in [2.45, 2.75) is 18.9 Å². The number of nitrogen functional groups attached to an aromatic ring is 1. The summed E-state index contributed by atoms with van der Waals surface area (Å²) in [5.41, 5.74) is 7.30. The smallest absolute Gasteiger partial charge is 0.0746 e. The van der Waals surface area contributed by atoms with Gasteiger partial charge in [0.1, 0.15) is 0 Å². The summed E-state index contributed by atoms with van der Waals surface area (Å²) >= 11 is 12.6. The highest BCUT2D eigenvalue weighted by Gasteiger charge is 2.27. The Bertz CT molecular complexity index is 475. The number of ether oxygens (including phenoxy) is 1. The van der Waals surface area contributed by atoms with Gasteiger partial charge in [0.25, 0.3) is 0 Å². The molecular weight excluding hydrogens is 309 g/mol. The van der Waals surface area contributed by atoms with Gasteiger partial charge in [-0.15, -0.1) is 0 Å². The zero-order valence-electron chi connectivity index (χ0n) is 12.0. The van der Waals surface area contributed by atoms with Gasteiger partial charge in [0.2, 0.25) is 0 Å². The molecule has 4 nitrogen and oxygen atoms in total. The molecule has 2 saturated heterocycles. The third kappa shape index (κ3) is 3.39. The molecule has 0 unspecified atom stereocenters. The quantitative estimate of drug-likeness (QED) is 0.847. The van der Waals surface area contributed by atoms with Crippen molar-refractivity contribution in [2.75, 3.05) is 50.0 Å². The molecule has 6 heteroatoms. The van der Waals surface area contributed by atoms with Crippen LogP contribution in [0.4, 0.5) is 11.4 Å². The van der Waals surface area contributed by atoms with E-state index in [0.717, 1.165) is 57.9 Å². The summed E-state index contributed by atoms with van der Waals surface area (Å²) in [5, 5.41) is 1.29. The SMILES string of the molecule is Nc1cc(Cl)c(N2CCC(N3CCOCC3)CC2)c(Cl)c1. The fourth-order valence-electron chi connectivity index (χ4n) is 3.28. The Hall–Kier alpha value is -0.680. The Labute approximate surface area is 135 Å². The van der Waals surface area contributed by atoms with Crippen LogP contribution in [0.1, 0.15) is 12.8 Å². The normalized spacial score (nSPS) is 21.7. The van der Waals surface area contributed by atoms with E-state index in [0.29, 0.717) is 21.8 Å². The number of morpholine rings is 1. The number of piperidine rings is 1. The van der Waals surface area contributed by atoms with Crippen molar-refractivity contribution in [3.05, 3.63) is 22.2 Å². The van der Waals surface area contributed by atoms with E-state index in [4.69, 9.17) is 33.7 Å². The van der Waals surface area contributed by atoms with Gasteiger partial charge in [-0.2, -0.15) is 0 Å². The van der Waals surface area contributed by atoms with Gasteiger partial charge in [0.15, 0.2) is 0 Å². The topological polar surface area (TPSA) is 41.7 Å². The van der Waals surface area contributed by atoms with E-state index in [1.165, 1.54) is 0 Å². The second kappa shape index (κ2) is 6.61. The zero-order valence-corrected chi connectivity index (χ0v) is 13.5. The van der Waals surface area contributed by atoms with E-state index in [9.17, 15) is 0 Å². The van der Waals surface area contributed by atoms with Crippen LogP contribution in [0.3, 0.4) is 0 Å².